The van der Waals surface area contributed by atoms with Crippen molar-refractivity contribution in [3.63, 3.8) is 0 Å². The summed E-state index contributed by atoms with van der Waals surface area (Å²) in [5, 5.41) is 18.7. The Bertz CT molecular complexity index is 502. The van der Waals surface area contributed by atoms with Gasteiger partial charge in [-0.1, -0.05) is 18.2 Å². The summed E-state index contributed by atoms with van der Waals surface area (Å²) < 4.78 is 24.1. The molecule has 0 saturated carbocycles. The fourth-order valence-corrected chi connectivity index (χ4v) is 1.79. The predicted octanol–water partition coefficient (Wildman–Crippen LogP) is 0.856. The van der Waals surface area contributed by atoms with Gasteiger partial charge in [-0.15, -0.1) is 0 Å². The van der Waals surface area contributed by atoms with Crippen molar-refractivity contribution in [1.82, 2.24) is 0 Å². The van der Waals surface area contributed by atoms with Crippen molar-refractivity contribution in [3.05, 3.63) is 35.9 Å². The second-order valence-corrected chi connectivity index (χ2v) is 4.74. The largest absolute Gasteiger partial charge is 0.464 e. The summed E-state index contributed by atoms with van der Waals surface area (Å²) in [7, 11) is 0. The number of alkyl halides is 1. The lowest BCUT2D eigenvalue weighted by Crippen LogP contribution is -2.53. The van der Waals surface area contributed by atoms with Gasteiger partial charge in [0.25, 0.3) is 0 Å². The predicted molar refractivity (Wildman–Crippen MR) is 74.9 cm³/mol. The summed E-state index contributed by atoms with van der Waals surface area (Å²) in [5.41, 5.74) is -2.68. The van der Waals surface area contributed by atoms with E-state index in [1.165, 1.54) is 19.1 Å². The van der Waals surface area contributed by atoms with E-state index in [9.17, 15) is 19.1 Å². The first kappa shape index (κ1) is 18.1. The Morgan fingerprint density at radius 2 is 1.91 bits per heavy atom. The molecule has 0 saturated heterocycles. The van der Waals surface area contributed by atoms with Crippen LogP contribution in [0.15, 0.2) is 30.3 Å². The van der Waals surface area contributed by atoms with E-state index < -0.39 is 36.4 Å². The second-order valence-electron chi connectivity index (χ2n) is 4.74. The third-order valence-electron chi connectivity index (χ3n) is 2.99. The van der Waals surface area contributed by atoms with Crippen molar-refractivity contribution in [2.45, 2.75) is 31.7 Å². The maximum absolute atomic E-state index is 14.6. The van der Waals surface area contributed by atoms with Gasteiger partial charge in [-0.25, -0.2) is 14.0 Å². The quantitative estimate of drug-likeness (QED) is 0.725. The van der Waals surface area contributed by atoms with Gasteiger partial charge in [0.1, 0.15) is 6.10 Å². The van der Waals surface area contributed by atoms with Gasteiger partial charge in [0.15, 0.2) is 6.10 Å². The summed E-state index contributed by atoms with van der Waals surface area (Å²) in [6.45, 7) is 1.35. The molecule has 0 spiro atoms. The molecule has 1 rings (SSSR count). The van der Waals surface area contributed by atoms with Gasteiger partial charge < -0.3 is 19.7 Å². The highest BCUT2D eigenvalue weighted by molar-refractivity contribution is 5.90. The molecule has 6 nitrogen and oxygen atoms in total. The van der Waals surface area contributed by atoms with Gasteiger partial charge >= 0.3 is 11.9 Å². The number of esters is 2. The summed E-state index contributed by atoms with van der Waals surface area (Å²) in [6.07, 6.45) is -3.67. The van der Waals surface area contributed by atoms with E-state index in [2.05, 4.69) is 4.74 Å². The second kappa shape index (κ2) is 7.86. The lowest BCUT2D eigenvalue weighted by molar-refractivity contribution is -0.172. The first-order valence-corrected chi connectivity index (χ1v) is 6.75. The lowest BCUT2D eigenvalue weighted by Gasteiger charge is -2.30. The van der Waals surface area contributed by atoms with Crippen molar-refractivity contribution >= 4 is 11.9 Å². The molecule has 1 aromatic carbocycles. The highest BCUT2D eigenvalue weighted by Crippen LogP contribution is 2.25. The molecule has 0 heterocycles. The van der Waals surface area contributed by atoms with Crippen LogP contribution in [-0.2, 0) is 14.3 Å². The lowest BCUT2D eigenvalue weighted by atomic mass is 9.96. The maximum atomic E-state index is 14.6. The van der Waals surface area contributed by atoms with Gasteiger partial charge in [-0.05, 0) is 26.0 Å². The Morgan fingerprint density at radius 1 is 1.32 bits per heavy atom. The SMILES string of the molecule is CCOC(=O)C(C)(F)[C@H](OC(=O)c1ccccc1)[C@H](O)CO. The number of rotatable bonds is 7. The average molecular weight is 314 g/mol. The van der Waals surface area contributed by atoms with Crippen LogP contribution in [0.2, 0.25) is 0 Å². The number of aliphatic hydroxyl groups excluding tert-OH is 2. The van der Waals surface area contributed by atoms with Gasteiger partial charge in [-0.2, -0.15) is 0 Å². The third-order valence-corrected chi connectivity index (χ3v) is 2.99. The molecule has 22 heavy (non-hydrogen) atoms. The Balaban J connectivity index is 2.99. The van der Waals surface area contributed by atoms with E-state index in [1.807, 2.05) is 0 Å². The number of hydrogen-bond acceptors (Lipinski definition) is 6. The number of carbonyl (C=O) groups excluding carboxylic acids is 2. The van der Waals surface area contributed by atoms with Gasteiger partial charge in [-0.3, -0.25) is 0 Å². The number of ether oxygens (including phenoxy) is 2. The van der Waals surface area contributed by atoms with Crippen LogP contribution in [0.4, 0.5) is 4.39 Å². The molecule has 7 heteroatoms. The first-order chi connectivity index (χ1) is 10.3. The molecule has 0 aliphatic rings. The minimum Gasteiger partial charge on any atom is -0.464 e. The van der Waals surface area contributed by atoms with Gasteiger partial charge in [0.05, 0.1) is 18.8 Å². The normalized spacial score (nSPS) is 16.2. The molecule has 122 valence electrons. The van der Waals surface area contributed by atoms with Crippen LogP contribution in [-0.4, -0.2) is 53.2 Å². The van der Waals surface area contributed by atoms with Crippen molar-refractivity contribution in [2.24, 2.45) is 0 Å². The molecule has 0 aliphatic heterocycles. The molecule has 0 bridgehead atoms. The first-order valence-electron chi connectivity index (χ1n) is 6.75. The molecule has 0 fully saturated rings. The molecule has 2 N–H and O–H groups in total. The van der Waals surface area contributed by atoms with Gasteiger partial charge in [0, 0.05) is 0 Å². The van der Waals surface area contributed by atoms with E-state index in [0.717, 1.165) is 6.92 Å². The highest BCUT2D eigenvalue weighted by Gasteiger charge is 2.49. The van der Waals surface area contributed by atoms with Crippen LogP contribution in [0.25, 0.3) is 0 Å². The Hall–Kier alpha value is -1.99. The summed E-state index contributed by atoms with van der Waals surface area (Å²) in [4.78, 5) is 23.6. The fourth-order valence-electron chi connectivity index (χ4n) is 1.79. The molecular formula is C15H19FO6. The van der Waals surface area contributed by atoms with Crippen molar-refractivity contribution in [1.29, 1.82) is 0 Å². The average Bonchev–Trinajstić information content (AvgIpc) is 2.52. The minimum absolute atomic E-state index is 0.0765. The standard InChI is InChI=1S/C15H19FO6/c1-3-21-14(20)15(2,16)12(11(18)9-17)22-13(19)10-7-5-4-6-8-10/h4-8,11-12,17-18H,3,9H2,1-2H3/t11-,12-,15?/m1/s1. The van der Waals surface area contributed by atoms with Crippen LogP contribution in [0.3, 0.4) is 0 Å². The Labute approximate surface area is 127 Å². The van der Waals surface area contributed by atoms with Crippen LogP contribution < -0.4 is 0 Å². The van der Waals surface area contributed by atoms with Crippen molar-refractivity contribution in [2.75, 3.05) is 13.2 Å². The maximum Gasteiger partial charge on any atom is 0.347 e. The van der Waals surface area contributed by atoms with Crippen LogP contribution in [0.5, 0.6) is 0 Å². The van der Waals surface area contributed by atoms with E-state index in [1.54, 1.807) is 18.2 Å². The fraction of sp³-hybridized carbons (Fsp3) is 0.467. The van der Waals surface area contributed by atoms with E-state index in [-0.39, 0.29) is 12.2 Å². The van der Waals surface area contributed by atoms with Gasteiger partial charge in [0.2, 0.25) is 5.67 Å². The molecule has 1 aromatic rings. The van der Waals surface area contributed by atoms with E-state index in [4.69, 9.17) is 9.84 Å². The Kier molecular flexibility index (Phi) is 6.45. The smallest absolute Gasteiger partial charge is 0.347 e. The number of hydrogen-bond donors (Lipinski definition) is 2. The van der Waals surface area contributed by atoms with E-state index >= 15 is 0 Å². The monoisotopic (exact) mass is 314 g/mol. The molecule has 0 aromatic heterocycles. The van der Waals surface area contributed by atoms with Crippen molar-refractivity contribution in [3.8, 4) is 0 Å². The third kappa shape index (κ3) is 4.25. The van der Waals surface area contributed by atoms with Crippen LogP contribution >= 0.6 is 0 Å². The molecule has 3 atom stereocenters. The highest BCUT2D eigenvalue weighted by atomic mass is 19.1. The Morgan fingerprint density at radius 3 is 2.41 bits per heavy atom. The topological polar surface area (TPSA) is 93.1 Å². The zero-order valence-corrected chi connectivity index (χ0v) is 12.4. The van der Waals surface area contributed by atoms with E-state index in [0.29, 0.717) is 0 Å². The molecule has 0 aliphatic carbocycles. The van der Waals surface area contributed by atoms with Crippen molar-refractivity contribution < 1.29 is 33.7 Å². The van der Waals surface area contributed by atoms with Crippen LogP contribution in [0.1, 0.15) is 24.2 Å². The summed E-state index contributed by atoms with van der Waals surface area (Å²) >= 11 is 0. The minimum atomic E-state index is -2.80. The number of aliphatic hydroxyl groups is 2. The van der Waals surface area contributed by atoms with Crippen LogP contribution in [0, 0.1) is 0 Å². The summed E-state index contributed by atoms with van der Waals surface area (Å²) in [5.74, 6) is -2.21. The number of benzene rings is 1. The molecule has 1 unspecified atom stereocenters. The summed E-state index contributed by atoms with van der Waals surface area (Å²) in [6, 6.07) is 7.70. The number of halogens is 1. The molecule has 0 amide bonds. The number of carbonyl (C=O) groups is 2. The molecule has 0 radical (unpaired) electrons. The zero-order chi connectivity index (χ0) is 16.8. The molecular weight excluding hydrogens is 295 g/mol. The zero-order valence-electron chi connectivity index (χ0n) is 12.4.